The highest BCUT2D eigenvalue weighted by Gasteiger charge is 2.17. The second-order valence-electron chi connectivity index (χ2n) is 8.60. The van der Waals surface area contributed by atoms with E-state index in [-0.39, 0.29) is 18.4 Å². The monoisotopic (exact) mass is 405 g/mol. The zero-order valence-electron chi connectivity index (χ0n) is 18.9. The van der Waals surface area contributed by atoms with E-state index in [0.717, 1.165) is 17.4 Å². The van der Waals surface area contributed by atoms with Gasteiger partial charge in [-0.2, -0.15) is 0 Å². The lowest BCUT2D eigenvalue weighted by molar-refractivity contribution is -0.890. The summed E-state index contributed by atoms with van der Waals surface area (Å²) in [6, 6.07) is 0. The SMILES string of the molecule is CCCCCCCCCC[N+](C)(C)CCC(=O)OCCCCCCCC.[Cl-]. The minimum atomic E-state index is -0.0133. The molecule has 3 nitrogen and oxygen atoms in total. The summed E-state index contributed by atoms with van der Waals surface area (Å²) in [4.78, 5) is 11.9. The molecule has 0 aromatic heterocycles. The van der Waals surface area contributed by atoms with E-state index >= 15 is 0 Å². The number of esters is 1. The highest BCUT2D eigenvalue weighted by molar-refractivity contribution is 5.69. The van der Waals surface area contributed by atoms with Gasteiger partial charge < -0.3 is 21.6 Å². The van der Waals surface area contributed by atoms with Crippen LogP contribution in [-0.4, -0.2) is 44.2 Å². The topological polar surface area (TPSA) is 26.3 Å². The summed E-state index contributed by atoms with van der Waals surface area (Å²) in [7, 11) is 4.48. The van der Waals surface area contributed by atoms with Gasteiger partial charge >= 0.3 is 5.97 Å². The number of hydrogen-bond donors (Lipinski definition) is 0. The molecule has 0 N–H and O–H groups in total. The lowest BCUT2D eigenvalue weighted by Gasteiger charge is -2.29. The number of hydrogen-bond acceptors (Lipinski definition) is 2. The zero-order valence-corrected chi connectivity index (χ0v) is 19.6. The van der Waals surface area contributed by atoms with Crippen molar-refractivity contribution in [2.45, 2.75) is 110 Å². The molecule has 0 radical (unpaired) electrons. The van der Waals surface area contributed by atoms with E-state index in [9.17, 15) is 4.79 Å². The van der Waals surface area contributed by atoms with E-state index in [4.69, 9.17) is 4.74 Å². The molecule has 0 saturated heterocycles. The molecule has 0 amide bonds. The molecule has 0 fully saturated rings. The van der Waals surface area contributed by atoms with Gasteiger partial charge in [0.15, 0.2) is 0 Å². The molecular formula is C23H48ClNO2. The molecule has 0 aliphatic carbocycles. The van der Waals surface area contributed by atoms with Crippen LogP contribution < -0.4 is 12.4 Å². The van der Waals surface area contributed by atoms with Crippen LogP contribution in [0.25, 0.3) is 0 Å². The Kier molecular flexibility index (Phi) is 21.9. The largest absolute Gasteiger partial charge is 1.00 e. The van der Waals surface area contributed by atoms with Crippen LogP contribution in [0.5, 0.6) is 0 Å². The van der Waals surface area contributed by atoms with Crippen molar-refractivity contribution in [3.8, 4) is 0 Å². The van der Waals surface area contributed by atoms with E-state index in [1.54, 1.807) is 0 Å². The Hall–Kier alpha value is -0.280. The van der Waals surface area contributed by atoms with Gasteiger partial charge in [0.2, 0.25) is 0 Å². The third kappa shape index (κ3) is 21.9. The standard InChI is InChI=1S/C23H48NO2.ClH/c1-5-7-9-11-13-14-15-17-20-24(3,4)21-19-23(25)26-22-18-16-12-10-8-6-2;/h5-22H2,1-4H3;1H/q+1;/p-1. The maximum atomic E-state index is 11.9. The van der Waals surface area contributed by atoms with Crippen molar-refractivity contribution in [1.29, 1.82) is 0 Å². The Morgan fingerprint density at radius 1 is 0.667 bits per heavy atom. The first-order chi connectivity index (χ1) is 12.5. The van der Waals surface area contributed by atoms with Crippen LogP contribution >= 0.6 is 0 Å². The maximum Gasteiger partial charge on any atom is 0.311 e. The Balaban J connectivity index is 0. The summed E-state index contributed by atoms with van der Waals surface area (Å²) in [5, 5.41) is 0. The molecule has 0 saturated carbocycles. The third-order valence-corrected chi connectivity index (χ3v) is 5.30. The number of carbonyl (C=O) groups is 1. The van der Waals surface area contributed by atoms with Crippen molar-refractivity contribution in [3.05, 3.63) is 0 Å². The van der Waals surface area contributed by atoms with Crippen molar-refractivity contribution >= 4 is 5.97 Å². The molecule has 164 valence electrons. The number of ether oxygens (including phenoxy) is 1. The van der Waals surface area contributed by atoms with E-state index < -0.39 is 0 Å². The quantitative estimate of drug-likeness (QED) is 0.187. The molecule has 0 aromatic rings. The lowest BCUT2D eigenvalue weighted by Crippen LogP contribution is -3.00. The predicted molar refractivity (Wildman–Crippen MR) is 113 cm³/mol. The van der Waals surface area contributed by atoms with Gasteiger partial charge in [0.1, 0.15) is 0 Å². The van der Waals surface area contributed by atoms with Crippen molar-refractivity contribution in [3.63, 3.8) is 0 Å². The molecule has 0 unspecified atom stereocenters. The van der Waals surface area contributed by atoms with Gasteiger partial charge in [-0.05, 0) is 19.3 Å². The Bertz CT molecular complexity index is 322. The molecule has 0 atom stereocenters. The molecule has 4 heteroatoms. The molecule has 0 heterocycles. The Morgan fingerprint density at radius 2 is 1.11 bits per heavy atom. The Labute approximate surface area is 176 Å². The van der Waals surface area contributed by atoms with Gasteiger partial charge in [0.05, 0.1) is 40.2 Å². The minimum absolute atomic E-state index is 0. The normalized spacial score (nSPS) is 11.3. The van der Waals surface area contributed by atoms with Gasteiger partial charge in [0.25, 0.3) is 0 Å². The molecule has 0 spiro atoms. The fraction of sp³-hybridized carbons (Fsp3) is 0.957. The number of nitrogens with zero attached hydrogens (tertiary/aromatic N) is 1. The summed E-state index contributed by atoms with van der Waals surface area (Å²) >= 11 is 0. The Morgan fingerprint density at radius 3 is 1.63 bits per heavy atom. The van der Waals surface area contributed by atoms with Gasteiger partial charge in [-0.3, -0.25) is 4.79 Å². The number of carbonyl (C=O) groups excluding carboxylic acids is 1. The summed E-state index contributed by atoms with van der Waals surface area (Å²) in [5.41, 5.74) is 0. The molecule has 0 aliphatic heterocycles. The molecule has 27 heavy (non-hydrogen) atoms. The van der Waals surface area contributed by atoms with Crippen molar-refractivity contribution in [1.82, 2.24) is 0 Å². The van der Waals surface area contributed by atoms with Crippen LogP contribution in [-0.2, 0) is 9.53 Å². The second kappa shape index (κ2) is 20.5. The average molecular weight is 406 g/mol. The maximum absolute atomic E-state index is 11.9. The molecule has 0 bridgehead atoms. The van der Waals surface area contributed by atoms with Gasteiger partial charge in [0, 0.05) is 0 Å². The van der Waals surface area contributed by atoms with Crippen molar-refractivity contribution < 1.29 is 26.4 Å². The molecule has 0 aliphatic rings. The van der Waals surface area contributed by atoms with Crippen LogP contribution in [0.15, 0.2) is 0 Å². The minimum Gasteiger partial charge on any atom is -1.00 e. The fourth-order valence-corrected chi connectivity index (χ4v) is 3.32. The van der Waals surface area contributed by atoms with Crippen LogP contribution in [0.4, 0.5) is 0 Å². The highest BCUT2D eigenvalue weighted by atomic mass is 35.5. The van der Waals surface area contributed by atoms with E-state index in [1.807, 2.05) is 0 Å². The van der Waals surface area contributed by atoms with Crippen LogP contribution in [0.2, 0.25) is 0 Å². The summed E-state index contributed by atoms with van der Waals surface area (Å²) in [6.45, 7) is 7.17. The summed E-state index contributed by atoms with van der Waals surface area (Å²) < 4.78 is 6.32. The first-order valence-corrected chi connectivity index (χ1v) is 11.5. The highest BCUT2D eigenvalue weighted by Crippen LogP contribution is 2.11. The molecular weight excluding hydrogens is 358 g/mol. The summed E-state index contributed by atoms with van der Waals surface area (Å²) in [6.07, 6.45) is 18.8. The third-order valence-electron chi connectivity index (χ3n) is 5.30. The van der Waals surface area contributed by atoms with Crippen molar-refractivity contribution in [2.75, 3.05) is 33.8 Å². The van der Waals surface area contributed by atoms with Gasteiger partial charge in [-0.1, -0.05) is 84.5 Å². The smallest absolute Gasteiger partial charge is 0.311 e. The number of quaternary nitrogens is 1. The predicted octanol–water partition coefficient (Wildman–Crippen LogP) is 3.50. The first-order valence-electron chi connectivity index (χ1n) is 11.5. The van der Waals surface area contributed by atoms with E-state index in [2.05, 4.69) is 27.9 Å². The van der Waals surface area contributed by atoms with Crippen LogP contribution in [0, 0.1) is 0 Å². The number of unbranched alkanes of at least 4 members (excludes halogenated alkanes) is 12. The molecule has 0 aromatic carbocycles. The van der Waals surface area contributed by atoms with Crippen LogP contribution in [0.3, 0.4) is 0 Å². The van der Waals surface area contributed by atoms with E-state index in [0.29, 0.717) is 13.0 Å². The number of halogens is 1. The molecule has 0 rings (SSSR count). The summed E-state index contributed by atoms with van der Waals surface area (Å²) in [5.74, 6) is -0.0133. The second-order valence-corrected chi connectivity index (χ2v) is 8.60. The number of rotatable bonds is 19. The average Bonchev–Trinajstić information content (AvgIpc) is 2.61. The zero-order chi connectivity index (χ0) is 19.5. The van der Waals surface area contributed by atoms with Gasteiger partial charge in [-0.25, -0.2) is 0 Å². The van der Waals surface area contributed by atoms with E-state index in [1.165, 1.54) is 90.0 Å². The lowest BCUT2D eigenvalue weighted by atomic mass is 10.1. The first kappa shape index (κ1) is 28.9. The van der Waals surface area contributed by atoms with Gasteiger partial charge in [-0.15, -0.1) is 0 Å². The fourth-order valence-electron chi connectivity index (χ4n) is 3.32. The van der Waals surface area contributed by atoms with Crippen LogP contribution in [0.1, 0.15) is 110 Å². The van der Waals surface area contributed by atoms with Crippen molar-refractivity contribution in [2.24, 2.45) is 0 Å².